The van der Waals surface area contributed by atoms with Gasteiger partial charge in [0.05, 0.1) is 0 Å². The Balaban J connectivity index is 1.74. The lowest BCUT2D eigenvalue weighted by molar-refractivity contribution is 0.218. The fourth-order valence-corrected chi connectivity index (χ4v) is 3.73. The summed E-state index contributed by atoms with van der Waals surface area (Å²) in [4.78, 5) is 2.45. The molecule has 2 rings (SSSR count). The monoisotopic (exact) mass is 214 g/mol. The third-order valence-corrected chi connectivity index (χ3v) is 4.65. The first-order chi connectivity index (χ1) is 6.74. The minimum Gasteiger partial charge on any atom is -0.309 e. The fourth-order valence-electron chi connectivity index (χ4n) is 2.57. The maximum atomic E-state index is 3.82. The number of rotatable bonds is 2. The molecule has 0 bridgehead atoms. The molecular formula is C11H22N2S. The van der Waals surface area contributed by atoms with Crippen molar-refractivity contribution in [3.63, 3.8) is 0 Å². The van der Waals surface area contributed by atoms with Gasteiger partial charge in [0.15, 0.2) is 0 Å². The van der Waals surface area contributed by atoms with Crippen molar-refractivity contribution < 1.29 is 0 Å². The van der Waals surface area contributed by atoms with Crippen LogP contribution in [0, 0.1) is 0 Å². The highest BCUT2D eigenvalue weighted by molar-refractivity contribution is 8.00. The summed E-state index contributed by atoms with van der Waals surface area (Å²) < 4.78 is 0. The molecule has 0 aromatic carbocycles. The van der Waals surface area contributed by atoms with Crippen molar-refractivity contribution in [1.29, 1.82) is 0 Å². The normalized spacial score (nSPS) is 40.3. The Morgan fingerprint density at radius 2 is 2.21 bits per heavy atom. The first-order valence-electron chi connectivity index (χ1n) is 5.80. The highest BCUT2D eigenvalue weighted by Crippen LogP contribution is 2.26. The molecule has 3 heteroatoms. The number of piperidine rings is 1. The molecule has 3 unspecified atom stereocenters. The van der Waals surface area contributed by atoms with Gasteiger partial charge in [-0.05, 0) is 32.9 Å². The van der Waals surface area contributed by atoms with E-state index >= 15 is 0 Å². The Morgan fingerprint density at radius 1 is 1.36 bits per heavy atom. The fraction of sp³-hybridized carbons (Fsp3) is 1.00. The molecule has 0 amide bonds. The maximum absolute atomic E-state index is 3.82. The second kappa shape index (κ2) is 4.86. The number of likely N-dealkylation sites (tertiary alicyclic amines) is 1. The Bertz CT molecular complexity index is 186. The topological polar surface area (TPSA) is 15.3 Å². The van der Waals surface area contributed by atoms with Crippen LogP contribution in [-0.2, 0) is 0 Å². The van der Waals surface area contributed by atoms with E-state index < -0.39 is 0 Å². The van der Waals surface area contributed by atoms with E-state index in [1.54, 1.807) is 0 Å². The van der Waals surface area contributed by atoms with E-state index in [0.29, 0.717) is 0 Å². The molecular weight excluding hydrogens is 192 g/mol. The van der Waals surface area contributed by atoms with E-state index in [1.165, 1.54) is 38.1 Å². The minimum atomic E-state index is 0.754. The zero-order valence-electron chi connectivity index (χ0n) is 9.33. The first-order valence-corrected chi connectivity index (χ1v) is 6.85. The van der Waals surface area contributed by atoms with Gasteiger partial charge in [-0.15, -0.1) is 0 Å². The van der Waals surface area contributed by atoms with Crippen LogP contribution in [0.15, 0.2) is 0 Å². The van der Waals surface area contributed by atoms with E-state index in [1.807, 2.05) is 0 Å². The van der Waals surface area contributed by atoms with E-state index in [9.17, 15) is 0 Å². The third-order valence-electron chi connectivity index (χ3n) is 3.29. The Morgan fingerprint density at radius 3 is 2.86 bits per heavy atom. The van der Waals surface area contributed by atoms with E-state index in [-0.39, 0.29) is 0 Å². The highest BCUT2D eigenvalue weighted by atomic mass is 32.2. The number of hydrogen-bond acceptors (Lipinski definition) is 3. The van der Waals surface area contributed by atoms with Gasteiger partial charge in [-0.3, -0.25) is 0 Å². The quantitative estimate of drug-likeness (QED) is 0.751. The van der Waals surface area contributed by atoms with Crippen LogP contribution >= 0.6 is 11.8 Å². The van der Waals surface area contributed by atoms with Crippen molar-refractivity contribution >= 4 is 11.8 Å². The van der Waals surface area contributed by atoms with Crippen molar-refractivity contribution in [2.24, 2.45) is 0 Å². The molecule has 0 radical (unpaired) electrons. The number of thioether (sulfide) groups is 1. The highest BCUT2D eigenvalue weighted by Gasteiger charge is 2.25. The molecule has 82 valence electrons. The minimum absolute atomic E-state index is 0.754. The standard InChI is InChI=1S/C11H22N2S/c1-9-6-11(8-14-9)12-10-4-3-5-13(2)7-10/h9-12H,3-8H2,1-2H3. The lowest BCUT2D eigenvalue weighted by Crippen LogP contribution is -2.48. The zero-order valence-corrected chi connectivity index (χ0v) is 10.1. The molecule has 2 aliphatic heterocycles. The van der Waals surface area contributed by atoms with E-state index in [0.717, 1.165) is 17.3 Å². The lowest BCUT2D eigenvalue weighted by Gasteiger charge is -2.32. The van der Waals surface area contributed by atoms with Crippen LogP contribution in [0.4, 0.5) is 0 Å². The number of likely N-dealkylation sites (N-methyl/N-ethyl adjacent to an activating group) is 1. The van der Waals surface area contributed by atoms with Crippen LogP contribution in [0.3, 0.4) is 0 Å². The van der Waals surface area contributed by atoms with Gasteiger partial charge in [-0.25, -0.2) is 0 Å². The van der Waals surface area contributed by atoms with Crippen molar-refractivity contribution in [3.05, 3.63) is 0 Å². The Labute approximate surface area is 91.8 Å². The van der Waals surface area contributed by atoms with Crippen LogP contribution in [0.1, 0.15) is 26.2 Å². The van der Waals surface area contributed by atoms with Gasteiger partial charge in [0.1, 0.15) is 0 Å². The molecule has 14 heavy (non-hydrogen) atoms. The van der Waals surface area contributed by atoms with Crippen molar-refractivity contribution in [2.75, 3.05) is 25.9 Å². The predicted octanol–water partition coefficient (Wildman–Crippen LogP) is 1.56. The van der Waals surface area contributed by atoms with E-state index in [4.69, 9.17) is 0 Å². The average molecular weight is 214 g/mol. The predicted molar refractivity (Wildman–Crippen MR) is 64.0 cm³/mol. The summed E-state index contributed by atoms with van der Waals surface area (Å²) in [6, 6.07) is 1.54. The SMILES string of the molecule is CC1CC(NC2CCCN(C)C2)CS1. The van der Waals surface area contributed by atoms with Crippen molar-refractivity contribution in [1.82, 2.24) is 10.2 Å². The van der Waals surface area contributed by atoms with Gasteiger partial charge in [0, 0.05) is 29.6 Å². The summed E-state index contributed by atoms with van der Waals surface area (Å²) in [5.41, 5.74) is 0. The van der Waals surface area contributed by atoms with Crippen LogP contribution in [0.2, 0.25) is 0 Å². The van der Waals surface area contributed by atoms with Gasteiger partial charge in [-0.2, -0.15) is 11.8 Å². The molecule has 3 atom stereocenters. The summed E-state index contributed by atoms with van der Waals surface area (Å²) in [7, 11) is 2.24. The molecule has 0 saturated carbocycles. The molecule has 2 fully saturated rings. The third kappa shape index (κ3) is 2.88. The molecule has 2 heterocycles. The smallest absolute Gasteiger partial charge is 0.0198 e. The Hall–Kier alpha value is 0.270. The maximum Gasteiger partial charge on any atom is 0.0198 e. The van der Waals surface area contributed by atoms with Gasteiger partial charge in [-0.1, -0.05) is 6.92 Å². The van der Waals surface area contributed by atoms with Crippen LogP contribution in [0.5, 0.6) is 0 Å². The first kappa shape index (κ1) is 10.8. The lowest BCUT2D eigenvalue weighted by atomic mass is 10.0. The molecule has 2 saturated heterocycles. The number of hydrogen-bond donors (Lipinski definition) is 1. The van der Waals surface area contributed by atoms with Crippen molar-refractivity contribution in [2.45, 2.75) is 43.5 Å². The summed E-state index contributed by atoms with van der Waals surface area (Å²) in [6.45, 7) is 4.88. The van der Waals surface area contributed by atoms with Crippen LogP contribution in [-0.4, -0.2) is 48.1 Å². The summed E-state index contributed by atoms with van der Waals surface area (Å²) in [5, 5.41) is 4.69. The van der Waals surface area contributed by atoms with Gasteiger partial charge in [0.2, 0.25) is 0 Å². The van der Waals surface area contributed by atoms with Gasteiger partial charge >= 0.3 is 0 Å². The zero-order chi connectivity index (χ0) is 9.97. The molecule has 0 aliphatic carbocycles. The number of nitrogens with one attached hydrogen (secondary N) is 1. The second-order valence-corrected chi connectivity index (χ2v) is 6.32. The Kier molecular flexibility index (Phi) is 3.74. The second-order valence-electron chi connectivity index (χ2n) is 4.84. The molecule has 2 aliphatic rings. The summed E-state index contributed by atoms with van der Waals surface area (Å²) >= 11 is 2.12. The largest absolute Gasteiger partial charge is 0.309 e. The molecule has 0 aromatic heterocycles. The molecule has 1 N–H and O–H groups in total. The van der Waals surface area contributed by atoms with E-state index in [2.05, 4.69) is 35.9 Å². The molecule has 0 spiro atoms. The van der Waals surface area contributed by atoms with Gasteiger partial charge < -0.3 is 10.2 Å². The van der Waals surface area contributed by atoms with Crippen molar-refractivity contribution in [3.8, 4) is 0 Å². The van der Waals surface area contributed by atoms with Crippen LogP contribution in [0.25, 0.3) is 0 Å². The van der Waals surface area contributed by atoms with Gasteiger partial charge in [0.25, 0.3) is 0 Å². The van der Waals surface area contributed by atoms with Crippen LogP contribution < -0.4 is 5.32 Å². The number of nitrogens with zero attached hydrogens (tertiary/aromatic N) is 1. The molecule has 2 nitrogen and oxygen atoms in total. The summed E-state index contributed by atoms with van der Waals surface area (Å²) in [5.74, 6) is 1.32. The summed E-state index contributed by atoms with van der Waals surface area (Å²) in [6.07, 6.45) is 4.11. The molecule has 0 aromatic rings. The average Bonchev–Trinajstić information content (AvgIpc) is 2.51.